The molecule has 2 aliphatic rings. The lowest BCUT2D eigenvalue weighted by Gasteiger charge is -2.23. The van der Waals surface area contributed by atoms with Gasteiger partial charge in [0.05, 0.1) is 24.3 Å². The molecular formula is C20H22ClFN2O5. The number of carbonyl (C=O) groups is 3. The lowest BCUT2D eigenvalue weighted by atomic mass is 10.0. The molecule has 1 aromatic rings. The number of carbonyl (C=O) groups excluding carboxylic acids is 3. The van der Waals surface area contributed by atoms with Crippen LogP contribution in [0.25, 0.3) is 0 Å². The molecule has 1 aromatic carbocycles. The van der Waals surface area contributed by atoms with Crippen molar-refractivity contribution in [3.05, 3.63) is 41.2 Å². The van der Waals surface area contributed by atoms with Gasteiger partial charge in [-0.25, -0.2) is 9.18 Å². The summed E-state index contributed by atoms with van der Waals surface area (Å²) in [5, 5.41) is 2.90. The van der Waals surface area contributed by atoms with Gasteiger partial charge in [-0.05, 0) is 45.4 Å². The smallest absolute Gasteiger partial charge is 0.415 e. The lowest BCUT2D eigenvalue weighted by molar-refractivity contribution is -0.150. The Morgan fingerprint density at radius 3 is 2.72 bits per heavy atom. The molecule has 1 heterocycles. The van der Waals surface area contributed by atoms with Gasteiger partial charge < -0.3 is 14.8 Å². The van der Waals surface area contributed by atoms with Gasteiger partial charge in [-0.15, -0.1) is 0 Å². The highest BCUT2D eigenvalue weighted by Gasteiger charge is 2.48. The van der Waals surface area contributed by atoms with Crippen LogP contribution in [-0.4, -0.2) is 42.3 Å². The number of ether oxygens (including phenoxy) is 2. The van der Waals surface area contributed by atoms with E-state index < -0.39 is 29.3 Å². The molecule has 1 N–H and O–H groups in total. The number of esters is 1. The molecule has 2 amide bonds. The molecule has 9 heteroatoms. The first-order valence-electron chi connectivity index (χ1n) is 9.24. The molecule has 1 fully saturated rings. The third-order valence-electron chi connectivity index (χ3n) is 4.69. The Kier molecular flexibility index (Phi) is 5.84. The number of cyclic esters (lactones) is 1. The normalized spacial score (nSPS) is 26.0. The summed E-state index contributed by atoms with van der Waals surface area (Å²) in [6.45, 7) is 4.91. The number of rotatable bonds is 5. The Bertz CT molecular complexity index is 854. The predicted octanol–water partition coefficient (Wildman–Crippen LogP) is 3.21. The summed E-state index contributed by atoms with van der Waals surface area (Å²) in [6, 6.07) is 3.29. The van der Waals surface area contributed by atoms with Crippen molar-refractivity contribution < 1.29 is 28.2 Å². The maximum Gasteiger partial charge on any atom is 0.415 e. The third-order valence-corrected chi connectivity index (χ3v) is 4.91. The summed E-state index contributed by atoms with van der Waals surface area (Å²) < 4.78 is 24.1. The zero-order valence-corrected chi connectivity index (χ0v) is 17.0. The number of hydrogen-bond acceptors (Lipinski definition) is 5. The van der Waals surface area contributed by atoms with E-state index in [9.17, 15) is 18.8 Å². The predicted molar refractivity (Wildman–Crippen MR) is 104 cm³/mol. The van der Waals surface area contributed by atoms with Crippen molar-refractivity contribution in [2.75, 3.05) is 11.4 Å². The summed E-state index contributed by atoms with van der Waals surface area (Å²) in [5.41, 5.74) is -1.27. The minimum atomic E-state index is -1.47. The van der Waals surface area contributed by atoms with Crippen LogP contribution in [0.2, 0.25) is 5.02 Å². The molecule has 156 valence electrons. The van der Waals surface area contributed by atoms with Crippen molar-refractivity contribution in [3.63, 3.8) is 0 Å². The van der Waals surface area contributed by atoms with Gasteiger partial charge in [0, 0.05) is 11.1 Å². The fraction of sp³-hybridized carbons (Fsp3) is 0.450. The molecular weight excluding hydrogens is 403 g/mol. The van der Waals surface area contributed by atoms with Crippen molar-refractivity contribution >= 4 is 35.3 Å². The number of hydrogen-bond donors (Lipinski definition) is 1. The van der Waals surface area contributed by atoms with Gasteiger partial charge in [-0.1, -0.05) is 23.8 Å². The highest BCUT2D eigenvalue weighted by molar-refractivity contribution is 6.31. The van der Waals surface area contributed by atoms with Crippen LogP contribution in [0.4, 0.5) is 14.9 Å². The topological polar surface area (TPSA) is 84.9 Å². The molecule has 3 rings (SSSR count). The number of anilines is 1. The van der Waals surface area contributed by atoms with Crippen LogP contribution in [0.3, 0.4) is 0 Å². The van der Waals surface area contributed by atoms with Crippen molar-refractivity contribution in [1.82, 2.24) is 5.32 Å². The average molecular weight is 425 g/mol. The van der Waals surface area contributed by atoms with Crippen molar-refractivity contribution in [2.24, 2.45) is 5.92 Å². The number of benzene rings is 1. The molecule has 1 saturated heterocycles. The molecule has 0 bridgehead atoms. The molecule has 0 aromatic heterocycles. The van der Waals surface area contributed by atoms with Crippen molar-refractivity contribution in [1.29, 1.82) is 0 Å². The van der Waals surface area contributed by atoms with E-state index in [1.165, 1.54) is 13.0 Å². The fourth-order valence-electron chi connectivity index (χ4n) is 3.28. The van der Waals surface area contributed by atoms with Crippen molar-refractivity contribution in [2.45, 2.75) is 44.9 Å². The van der Waals surface area contributed by atoms with Crippen LogP contribution in [0.5, 0.6) is 0 Å². The SMILES string of the molecule is CC(C)OC(=O)[C@@H]1C=C[C@H](NC(=O)C2(C)CN(c3cc(F)cc(Cl)c3)C(=O)O2)C1. The maximum absolute atomic E-state index is 13.6. The standard InChI is InChI=1S/C20H22ClFN2O5/c1-11(2)28-17(25)12-4-5-15(6-12)23-18(26)20(3)10-24(19(27)29-20)16-8-13(21)7-14(22)9-16/h4-5,7-9,11-12,15H,6,10H2,1-3H3,(H,23,26)/t12-,15+,20?/m1/s1. The summed E-state index contributed by atoms with van der Waals surface area (Å²) in [7, 11) is 0. The van der Waals surface area contributed by atoms with Crippen LogP contribution in [0, 0.1) is 11.7 Å². The zero-order valence-electron chi connectivity index (χ0n) is 16.3. The van der Waals surface area contributed by atoms with Crippen LogP contribution in [0.15, 0.2) is 30.4 Å². The van der Waals surface area contributed by atoms with Gasteiger partial charge in [-0.2, -0.15) is 0 Å². The Morgan fingerprint density at radius 2 is 2.07 bits per heavy atom. The number of nitrogens with one attached hydrogen (secondary N) is 1. The van der Waals surface area contributed by atoms with E-state index in [0.717, 1.165) is 17.0 Å². The van der Waals surface area contributed by atoms with E-state index >= 15 is 0 Å². The minimum absolute atomic E-state index is 0.104. The second-order valence-electron chi connectivity index (χ2n) is 7.61. The summed E-state index contributed by atoms with van der Waals surface area (Å²) in [6.07, 6.45) is 2.78. The first-order valence-corrected chi connectivity index (χ1v) is 9.61. The molecule has 1 aliphatic carbocycles. The molecule has 7 nitrogen and oxygen atoms in total. The number of nitrogens with zero attached hydrogens (tertiary/aromatic N) is 1. The van der Waals surface area contributed by atoms with Crippen LogP contribution >= 0.6 is 11.6 Å². The number of amides is 2. The van der Waals surface area contributed by atoms with Crippen molar-refractivity contribution in [3.8, 4) is 0 Å². The highest BCUT2D eigenvalue weighted by atomic mass is 35.5. The first-order chi connectivity index (χ1) is 13.6. The molecule has 0 saturated carbocycles. The van der Waals surface area contributed by atoms with Gasteiger partial charge in [0.1, 0.15) is 5.82 Å². The van der Waals surface area contributed by atoms with Crippen LogP contribution in [0.1, 0.15) is 27.2 Å². The number of halogens is 2. The van der Waals surface area contributed by atoms with E-state index in [4.69, 9.17) is 21.1 Å². The Labute approximate surface area is 172 Å². The van der Waals surface area contributed by atoms with E-state index in [-0.39, 0.29) is 35.4 Å². The Hall–Kier alpha value is -2.61. The van der Waals surface area contributed by atoms with Gasteiger partial charge in [-0.3, -0.25) is 14.5 Å². The van der Waals surface area contributed by atoms with E-state index in [1.54, 1.807) is 26.0 Å². The van der Waals surface area contributed by atoms with Crippen LogP contribution in [-0.2, 0) is 19.1 Å². The second kappa shape index (κ2) is 8.02. The highest BCUT2D eigenvalue weighted by Crippen LogP contribution is 2.31. The Balaban J connectivity index is 1.64. The monoisotopic (exact) mass is 424 g/mol. The zero-order chi connectivity index (χ0) is 21.3. The molecule has 0 radical (unpaired) electrons. The first kappa shape index (κ1) is 21.1. The molecule has 1 unspecified atom stereocenters. The molecule has 0 spiro atoms. The van der Waals surface area contributed by atoms with Crippen LogP contribution < -0.4 is 10.2 Å². The third kappa shape index (κ3) is 4.70. The summed E-state index contributed by atoms with van der Waals surface area (Å²) in [4.78, 5) is 38.2. The maximum atomic E-state index is 13.6. The summed E-state index contributed by atoms with van der Waals surface area (Å²) >= 11 is 5.85. The fourth-order valence-corrected chi connectivity index (χ4v) is 3.49. The molecule has 29 heavy (non-hydrogen) atoms. The van der Waals surface area contributed by atoms with E-state index in [1.807, 2.05) is 0 Å². The lowest BCUT2D eigenvalue weighted by Crippen LogP contribution is -2.50. The Morgan fingerprint density at radius 1 is 1.34 bits per heavy atom. The second-order valence-corrected chi connectivity index (χ2v) is 8.04. The molecule has 3 atom stereocenters. The van der Waals surface area contributed by atoms with E-state index in [2.05, 4.69) is 5.32 Å². The van der Waals surface area contributed by atoms with Gasteiger partial charge in [0.15, 0.2) is 0 Å². The van der Waals surface area contributed by atoms with Gasteiger partial charge in [0.25, 0.3) is 5.91 Å². The summed E-state index contributed by atoms with van der Waals surface area (Å²) in [5.74, 6) is -1.90. The van der Waals surface area contributed by atoms with Gasteiger partial charge >= 0.3 is 12.1 Å². The van der Waals surface area contributed by atoms with E-state index in [0.29, 0.717) is 6.42 Å². The minimum Gasteiger partial charge on any atom is -0.463 e. The molecule has 1 aliphatic heterocycles. The largest absolute Gasteiger partial charge is 0.463 e. The van der Waals surface area contributed by atoms with Gasteiger partial charge in [0.2, 0.25) is 5.60 Å². The quantitative estimate of drug-likeness (QED) is 0.579. The average Bonchev–Trinajstić information content (AvgIpc) is 3.18.